The van der Waals surface area contributed by atoms with E-state index in [9.17, 15) is 4.39 Å². The van der Waals surface area contributed by atoms with Crippen molar-refractivity contribution in [2.45, 2.75) is 0 Å². The van der Waals surface area contributed by atoms with E-state index in [1.165, 1.54) is 0 Å². The van der Waals surface area contributed by atoms with Crippen LogP contribution >= 0.6 is 15.9 Å². The molecule has 5 heteroatoms. The van der Waals surface area contributed by atoms with Crippen LogP contribution in [0.3, 0.4) is 0 Å². The van der Waals surface area contributed by atoms with Gasteiger partial charge in [-0.2, -0.15) is 5.10 Å². The zero-order valence-corrected chi connectivity index (χ0v) is 8.47. The van der Waals surface area contributed by atoms with Gasteiger partial charge in [0.05, 0.1) is 10.2 Å². The molecule has 0 bridgehead atoms. The third-order valence-electron chi connectivity index (χ3n) is 1.82. The van der Waals surface area contributed by atoms with Crippen LogP contribution in [0.25, 0.3) is 10.9 Å². The molecule has 2 N–H and O–H groups in total. The Balaban J connectivity index is 2.92. The lowest BCUT2D eigenvalue weighted by Crippen LogP contribution is -1.91. The lowest BCUT2D eigenvalue weighted by molar-refractivity contribution is 0.627. The van der Waals surface area contributed by atoms with Gasteiger partial charge in [-0.25, -0.2) is 4.39 Å². The molecule has 0 saturated heterocycles. The molecular weight excluding hydrogens is 237 g/mol. The fourth-order valence-corrected chi connectivity index (χ4v) is 1.78. The quantitative estimate of drug-likeness (QED) is 0.721. The van der Waals surface area contributed by atoms with Crippen molar-refractivity contribution in [3.05, 3.63) is 22.6 Å². The predicted molar refractivity (Wildman–Crippen MR) is 52.8 cm³/mol. The van der Waals surface area contributed by atoms with E-state index >= 15 is 0 Å². The highest BCUT2D eigenvalue weighted by molar-refractivity contribution is 9.10. The van der Waals surface area contributed by atoms with Crippen molar-refractivity contribution in [3.8, 4) is 0 Å². The summed E-state index contributed by atoms with van der Waals surface area (Å²) in [6.07, 6.45) is 1.79. The lowest BCUT2D eigenvalue weighted by atomic mass is 10.2. The molecule has 2 aromatic rings. The number of nitrogens with two attached hydrogens (primary N) is 1. The van der Waals surface area contributed by atoms with Crippen molar-refractivity contribution in [2.75, 3.05) is 5.73 Å². The molecule has 0 unspecified atom stereocenters. The van der Waals surface area contributed by atoms with E-state index in [0.29, 0.717) is 9.99 Å². The number of fused-ring (bicyclic) bond motifs is 1. The first-order valence-corrected chi connectivity index (χ1v) is 4.45. The van der Waals surface area contributed by atoms with Crippen molar-refractivity contribution in [2.24, 2.45) is 7.05 Å². The van der Waals surface area contributed by atoms with Gasteiger partial charge in [-0.1, -0.05) is 0 Å². The number of aryl methyl sites for hydroxylation is 1. The molecule has 13 heavy (non-hydrogen) atoms. The second-order valence-electron chi connectivity index (χ2n) is 2.83. The van der Waals surface area contributed by atoms with Gasteiger partial charge in [0.2, 0.25) is 0 Å². The minimum atomic E-state index is -0.453. The molecule has 3 nitrogen and oxygen atoms in total. The Labute approximate surface area is 82.5 Å². The number of anilines is 1. The maximum atomic E-state index is 13.2. The van der Waals surface area contributed by atoms with E-state index in [0.717, 1.165) is 5.39 Å². The van der Waals surface area contributed by atoms with Gasteiger partial charge in [0.25, 0.3) is 0 Å². The zero-order valence-electron chi connectivity index (χ0n) is 6.88. The molecule has 68 valence electrons. The molecule has 0 aliphatic rings. The smallest absolute Gasteiger partial charge is 0.162 e. The normalized spacial score (nSPS) is 11.0. The second-order valence-corrected chi connectivity index (χ2v) is 3.63. The van der Waals surface area contributed by atoms with Crippen LogP contribution in [0.2, 0.25) is 0 Å². The van der Waals surface area contributed by atoms with Crippen molar-refractivity contribution >= 4 is 32.5 Å². The monoisotopic (exact) mass is 243 g/mol. The fraction of sp³-hybridized carbons (Fsp3) is 0.125. The first-order chi connectivity index (χ1) is 6.09. The van der Waals surface area contributed by atoms with Crippen LogP contribution in [0.5, 0.6) is 0 Å². The average molecular weight is 244 g/mol. The van der Waals surface area contributed by atoms with Crippen LogP contribution in [0.1, 0.15) is 0 Å². The summed E-state index contributed by atoms with van der Waals surface area (Å²) in [6.45, 7) is 0. The van der Waals surface area contributed by atoms with Gasteiger partial charge < -0.3 is 5.73 Å². The molecular formula is C8H7BrFN3. The summed E-state index contributed by atoms with van der Waals surface area (Å²) in [4.78, 5) is 0. The highest BCUT2D eigenvalue weighted by Gasteiger charge is 2.11. The minimum absolute atomic E-state index is 0.132. The Hall–Kier alpha value is -1.10. The van der Waals surface area contributed by atoms with Crippen LogP contribution in [0.15, 0.2) is 16.7 Å². The Bertz CT molecular complexity index is 478. The number of halogens is 2. The molecule has 0 atom stereocenters. The van der Waals surface area contributed by atoms with Crippen molar-refractivity contribution in [1.29, 1.82) is 0 Å². The van der Waals surface area contributed by atoms with Gasteiger partial charge in [0, 0.05) is 18.6 Å². The van der Waals surface area contributed by atoms with Gasteiger partial charge >= 0.3 is 0 Å². The van der Waals surface area contributed by atoms with E-state index < -0.39 is 5.82 Å². The Kier molecular flexibility index (Phi) is 1.76. The number of hydrogen-bond acceptors (Lipinski definition) is 2. The van der Waals surface area contributed by atoms with E-state index in [1.54, 1.807) is 24.0 Å². The predicted octanol–water partition coefficient (Wildman–Crippen LogP) is 2.06. The third kappa shape index (κ3) is 1.19. The highest BCUT2D eigenvalue weighted by atomic mass is 79.9. The SMILES string of the molecule is Cn1cc2cc(N)c(F)c(Br)c2n1. The molecule has 0 aliphatic heterocycles. The maximum Gasteiger partial charge on any atom is 0.162 e. The van der Waals surface area contributed by atoms with E-state index in [-0.39, 0.29) is 5.69 Å². The van der Waals surface area contributed by atoms with E-state index in [2.05, 4.69) is 21.0 Å². The first kappa shape index (κ1) is 8.50. The van der Waals surface area contributed by atoms with Gasteiger partial charge in [-0.3, -0.25) is 4.68 Å². The third-order valence-corrected chi connectivity index (χ3v) is 2.55. The van der Waals surface area contributed by atoms with E-state index in [4.69, 9.17) is 5.73 Å². The second kappa shape index (κ2) is 2.70. The number of nitrogens with zero attached hydrogens (tertiary/aromatic N) is 2. The number of nitrogen functional groups attached to an aromatic ring is 1. The Morgan fingerprint density at radius 3 is 3.00 bits per heavy atom. The van der Waals surface area contributed by atoms with Crippen LogP contribution in [-0.4, -0.2) is 9.78 Å². The molecule has 1 aromatic carbocycles. The summed E-state index contributed by atoms with van der Waals surface area (Å²) in [6, 6.07) is 1.57. The number of benzene rings is 1. The van der Waals surface area contributed by atoms with Crippen molar-refractivity contribution in [3.63, 3.8) is 0 Å². The maximum absolute atomic E-state index is 13.2. The Morgan fingerprint density at radius 1 is 1.62 bits per heavy atom. The van der Waals surface area contributed by atoms with Crippen LogP contribution in [0, 0.1) is 5.82 Å². The average Bonchev–Trinajstić information content (AvgIpc) is 2.42. The lowest BCUT2D eigenvalue weighted by Gasteiger charge is -1.98. The van der Waals surface area contributed by atoms with Gasteiger partial charge in [0.1, 0.15) is 5.52 Å². The fourth-order valence-electron chi connectivity index (χ4n) is 1.24. The molecule has 2 rings (SSSR count). The summed E-state index contributed by atoms with van der Waals surface area (Å²) in [5.41, 5.74) is 6.18. The van der Waals surface area contributed by atoms with Gasteiger partial charge in [-0.05, 0) is 22.0 Å². The Morgan fingerprint density at radius 2 is 2.31 bits per heavy atom. The molecule has 0 aliphatic carbocycles. The zero-order chi connectivity index (χ0) is 9.59. The number of aromatic nitrogens is 2. The molecule has 0 fully saturated rings. The molecule has 1 heterocycles. The van der Waals surface area contributed by atoms with Crippen LogP contribution in [0.4, 0.5) is 10.1 Å². The molecule has 0 spiro atoms. The molecule has 0 amide bonds. The summed E-state index contributed by atoms with van der Waals surface area (Å²) >= 11 is 3.11. The number of rotatable bonds is 0. The number of hydrogen-bond donors (Lipinski definition) is 1. The van der Waals surface area contributed by atoms with Crippen molar-refractivity contribution in [1.82, 2.24) is 9.78 Å². The molecule has 0 radical (unpaired) electrons. The summed E-state index contributed by atoms with van der Waals surface area (Å²) in [5, 5.41) is 4.92. The molecule has 0 saturated carbocycles. The standard InChI is InChI=1S/C8H7BrFN3/c1-13-3-4-2-5(11)7(10)6(9)8(4)12-13/h2-3H,11H2,1H3. The topological polar surface area (TPSA) is 43.8 Å². The summed E-state index contributed by atoms with van der Waals surface area (Å²) in [5.74, 6) is -0.453. The van der Waals surface area contributed by atoms with E-state index in [1.807, 2.05) is 0 Å². The minimum Gasteiger partial charge on any atom is -0.396 e. The highest BCUT2D eigenvalue weighted by Crippen LogP contribution is 2.29. The molecule has 1 aromatic heterocycles. The first-order valence-electron chi connectivity index (χ1n) is 3.66. The van der Waals surface area contributed by atoms with Crippen LogP contribution in [-0.2, 0) is 7.05 Å². The summed E-state index contributed by atoms with van der Waals surface area (Å²) in [7, 11) is 1.78. The van der Waals surface area contributed by atoms with Gasteiger partial charge in [0.15, 0.2) is 5.82 Å². The van der Waals surface area contributed by atoms with Gasteiger partial charge in [-0.15, -0.1) is 0 Å². The van der Waals surface area contributed by atoms with Crippen molar-refractivity contribution < 1.29 is 4.39 Å². The summed E-state index contributed by atoms with van der Waals surface area (Å²) < 4.78 is 15.2. The van der Waals surface area contributed by atoms with Crippen LogP contribution < -0.4 is 5.73 Å². The largest absolute Gasteiger partial charge is 0.396 e.